The minimum atomic E-state index is -3.61. The van der Waals surface area contributed by atoms with E-state index in [0.717, 1.165) is 19.6 Å². The van der Waals surface area contributed by atoms with Crippen LogP contribution in [-0.2, 0) is 16.6 Å². The van der Waals surface area contributed by atoms with Crippen molar-refractivity contribution in [3.63, 3.8) is 0 Å². The van der Waals surface area contributed by atoms with E-state index in [2.05, 4.69) is 28.7 Å². The Bertz CT molecular complexity index is 967. The second-order valence-electron chi connectivity index (χ2n) is 8.95. The Morgan fingerprint density at radius 2 is 1.67 bits per heavy atom. The highest BCUT2D eigenvalue weighted by Gasteiger charge is 2.28. The largest absolute Gasteiger partial charge is 0.333 e. The summed E-state index contributed by atoms with van der Waals surface area (Å²) in [4.78, 5) is 17.4. The zero-order valence-corrected chi connectivity index (χ0v) is 18.9. The van der Waals surface area contributed by atoms with E-state index in [1.165, 1.54) is 17.7 Å². The molecule has 0 aromatic heterocycles. The van der Waals surface area contributed by atoms with Crippen LogP contribution in [0.1, 0.15) is 43.6 Å². The molecule has 1 aliphatic heterocycles. The molecule has 0 bridgehead atoms. The number of sulfonamides is 1. The molecule has 1 N–H and O–H groups in total. The van der Waals surface area contributed by atoms with Crippen molar-refractivity contribution in [2.75, 3.05) is 19.6 Å². The minimum Gasteiger partial charge on any atom is -0.333 e. The molecule has 162 valence electrons. The van der Waals surface area contributed by atoms with Crippen molar-refractivity contribution < 1.29 is 13.2 Å². The van der Waals surface area contributed by atoms with Crippen LogP contribution in [-0.4, -0.2) is 55.3 Å². The Kier molecular flexibility index (Phi) is 6.65. The van der Waals surface area contributed by atoms with Gasteiger partial charge in [-0.15, -0.1) is 0 Å². The molecule has 1 heterocycles. The van der Waals surface area contributed by atoms with Gasteiger partial charge in [0.15, 0.2) is 0 Å². The van der Waals surface area contributed by atoms with E-state index in [1.54, 1.807) is 32.9 Å². The van der Waals surface area contributed by atoms with Crippen molar-refractivity contribution in [3.8, 4) is 0 Å². The third kappa shape index (κ3) is 5.68. The number of piperazine rings is 1. The van der Waals surface area contributed by atoms with Crippen LogP contribution < -0.4 is 4.72 Å². The van der Waals surface area contributed by atoms with Crippen LogP contribution in [0.2, 0.25) is 0 Å². The number of hydrogen-bond acceptors (Lipinski definition) is 4. The average molecular weight is 430 g/mol. The fourth-order valence-corrected chi connectivity index (χ4v) is 5.14. The number of nitrogens with zero attached hydrogens (tertiary/aromatic N) is 2. The Hall–Kier alpha value is -2.22. The summed E-state index contributed by atoms with van der Waals surface area (Å²) >= 11 is 0. The Balaban J connectivity index is 1.64. The summed E-state index contributed by atoms with van der Waals surface area (Å²) in [6.07, 6.45) is 0. The van der Waals surface area contributed by atoms with E-state index < -0.39 is 15.6 Å². The minimum absolute atomic E-state index is 0.0606. The van der Waals surface area contributed by atoms with Crippen molar-refractivity contribution >= 4 is 15.9 Å². The smallest absolute Gasteiger partial charge is 0.254 e. The maximum Gasteiger partial charge on any atom is 0.254 e. The monoisotopic (exact) mass is 429 g/mol. The molecule has 1 fully saturated rings. The lowest BCUT2D eigenvalue weighted by molar-refractivity contribution is 0.0475. The van der Waals surface area contributed by atoms with Crippen LogP contribution in [0.15, 0.2) is 59.5 Å². The van der Waals surface area contributed by atoms with E-state index in [-0.39, 0.29) is 16.8 Å². The summed E-state index contributed by atoms with van der Waals surface area (Å²) in [5, 5.41) is 0. The number of carbonyl (C=O) groups is 1. The zero-order valence-electron chi connectivity index (χ0n) is 18.1. The Morgan fingerprint density at radius 3 is 2.23 bits per heavy atom. The highest BCUT2D eigenvalue weighted by Crippen LogP contribution is 2.18. The standard InChI is InChI=1S/C23H31N3O3S/c1-18-16-25(17-19-8-6-5-7-9-19)14-15-26(18)22(27)20-10-12-21(13-11-20)30(28,29)24-23(2,3)4/h5-13,18,24H,14-17H2,1-4H3. The first-order chi connectivity index (χ1) is 14.0. The number of hydrogen-bond donors (Lipinski definition) is 1. The second-order valence-corrected chi connectivity index (χ2v) is 10.6. The van der Waals surface area contributed by atoms with Crippen LogP contribution in [0.3, 0.4) is 0 Å². The molecule has 0 radical (unpaired) electrons. The molecule has 3 rings (SSSR count). The zero-order chi connectivity index (χ0) is 21.9. The predicted octanol–water partition coefficient (Wildman–Crippen LogP) is 3.11. The first-order valence-corrected chi connectivity index (χ1v) is 11.7. The summed E-state index contributed by atoms with van der Waals surface area (Å²) in [6.45, 7) is 10.6. The molecule has 6 nitrogen and oxygen atoms in total. The van der Waals surface area contributed by atoms with E-state index in [4.69, 9.17) is 0 Å². The van der Waals surface area contributed by atoms with Gasteiger partial charge in [-0.3, -0.25) is 9.69 Å². The number of carbonyl (C=O) groups excluding carboxylic acids is 1. The summed E-state index contributed by atoms with van der Waals surface area (Å²) in [5.74, 6) is -0.0606. The molecular weight excluding hydrogens is 398 g/mol. The molecule has 7 heteroatoms. The first kappa shape index (κ1) is 22.5. The lowest BCUT2D eigenvalue weighted by Crippen LogP contribution is -2.53. The van der Waals surface area contributed by atoms with Gasteiger partial charge in [0.05, 0.1) is 4.90 Å². The van der Waals surface area contributed by atoms with Gasteiger partial charge in [-0.2, -0.15) is 0 Å². The summed E-state index contributed by atoms with van der Waals surface area (Å²) < 4.78 is 27.5. The second kappa shape index (κ2) is 8.88. The van der Waals surface area contributed by atoms with Crippen molar-refractivity contribution in [2.24, 2.45) is 0 Å². The van der Waals surface area contributed by atoms with Crippen molar-refractivity contribution in [2.45, 2.75) is 50.7 Å². The lowest BCUT2D eigenvalue weighted by Gasteiger charge is -2.40. The molecule has 0 saturated carbocycles. The van der Waals surface area contributed by atoms with E-state index in [0.29, 0.717) is 12.1 Å². The van der Waals surface area contributed by atoms with Gasteiger partial charge in [0, 0.05) is 43.3 Å². The maximum atomic E-state index is 13.0. The van der Waals surface area contributed by atoms with Crippen LogP contribution in [0.5, 0.6) is 0 Å². The maximum absolute atomic E-state index is 13.0. The lowest BCUT2D eigenvalue weighted by atomic mass is 10.1. The van der Waals surface area contributed by atoms with Gasteiger partial charge in [-0.05, 0) is 57.5 Å². The molecule has 1 atom stereocenters. The van der Waals surface area contributed by atoms with Gasteiger partial charge < -0.3 is 4.90 Å². The molecule has 0 aliphatic carbocycles. The van der Waals surface area contributed by atoms with Crippen molar-refractivity contribution in [1.82, 2.24) is 14.5 Å². The molecule has 2 aromatic rings. The van der Waals surface area contributed by atoms with Crippen LogP contribution >= 0.6 is 0 Å². The predicted molar refractivity (Wildman–Crippen MR) is 119 cm³/mol. The van der Waals surface area contributed by atoms with Gasteiger partial charge in [-0.25, -0.2) is 13.1 Å². The third-order valence-corrected chi connectivity index (χ3v) is 6.85. The van der Waals surface area contributed by atoms with Gasteiger partial charge >= 0.3 is 0 Å². The van der Waals surface area contributed by atoms with Crippen LogP contribution in [0.4, 0.5) is 0 Å². The Labute approximate surface area is 179 Å². The molecule has 1 saturated heterocycles. The van der Waals surface area contributed by atoms with E-state index in [1.807, 2.05) is 23.1 Å². The Morgan fingerprint density at radius 1 is 1.03 bits per heavy atom. The third-order valence-electron chi connectivity index (χ3n) is 5.07. The van der Waals surface area contributed by atoms with Gasteiger partial charge in [0.25, 0.3) is 5.91 Å². The highest BCUT2D eigenvalue weighted by molar-refractivity contribution is 7.89. The SMILES string of the molecule is CC1CN(Cc2ccccc2)CCN1C(=O)c1ccc(S(=O)(=O)NC(C)(C)C)cc1. The van der Waals surface area contributed by atoms with E-state index >= 15 is 0 Å². The van der Waals surface area contributed by atoms with Gasteiger partial charge in [0.2, 0.25) is 10.0 Å². The molecule has 2 aromatic carbocycles. The summed E-state index contributed by atoms with van der Waals surface area (Å²) in [6, 6.07) is 16.6. The average Bonchev–Trinajstić information content (AvgIpc) is 2.67. The normalized spacial score (nSPS) is 18.4. The fourth-order valence-electron chi connectivity index (χ4n) is 3.72. The molecule has 1 amide bonds. The quantitative estimate of drug-likeness (QED) is 0.793. The van der Waals surface area contributed by atoms with Crippen LogP contribution in [0, 0.1) is 0 Å². The molecule has 1 aliphatic rings. The van der Waals surface area contributed by atoms with Crippen molar-refractivity contribution in [1.29, 1.82) is 0 Å². The molecule has 0 spiro atoms. The summed E-state index contributed by atoms with van der Waals surface area (Å²) in [5.41, 5.74) is 1.21. The fraction of sp³-hybridized carbons (Fsp3) is 0.435. The number of nitrogens with one attached hydrogen (secondary N) is 1. The number of rotatable bonds is 5. The number of benzene rings is 2. The molecular formula is C23H31N3O3S. The first-order valence-electron chi connectivity index (χ1n) is 10.3. The van der Waals surface area contributed by atoms with Gasteiger partial charge in [0.1, 0.15) is 0 Å². The highest BCUT2D eigenvalue weighted by atomic mass is 32.2. The van der Waals surface area contributed by atoms with Crippen molar-refractivity contribution in [3.05, 3.63) is 65.7 Å². The molecule has 30 heavy (non-hydrogen) atoms. The van der Waals surface area contributed by atoms with Gasteiger partial charge in [-0.1, -0.05) is 30.3 Å². The topological polar surface area (TPSA) is 69.7 Å². The summed E-state index contributed by atoms with van der Waals surface area (Å²) in [7, 11) is -3.61. The van der Waals surface area contributed by atoms with Crippen LogP contribution in [0.25, 0.3) is 0 Å². The molecule has 1 unspecified atom stereocenters. The van der Waals surface area contributed by atoms with E-state index in [9.17, 15) is 13.2 Å². The number of amides is 1.